The normalized spacial score (nSPS) is 25.7. The van der Waals surface area contributed by atoms with Gasteiger partial charge in [-0.2, -0.15) is 0 Å². The molecule has 1 saturated heterocycles. The molecule has 0 amide bonds. The minimum Gasteiger partial charge on any atom is -0.493 e. The molecule has 2 unspecified atom stereocenters. The van der Waals surface area contributed by atoms with Crippen molar-refractivity contribution >= 4 is 0 Å². The maximum absolute atomic E-state index is 14.6. The molecule has 2 N–H and O–H groups in total. The van der Waals surface area contributed by atoms with Crippen molar-refractivity contribution in [1.29, 1.82) is 0 Å². The Morgan fingerprint density at radius 1 is 1.11 bits per heavy atom. The number of fused-ring (bicyclic) bond motifs is 1. The lowest BCUT2D eigenvalue weighted by Crippen LogP contribution is -2.51. The number of ether oxygens (including phenoxy) is 2. The second-order valence-electron chi connectivity index (χ2n) is 7.51. The number of para-hydroxylation sites is 1. The highest BCUT2D eigenvalue weighted by Gasteiger charge is 2.37. The van der Waals surface area contributed by atoms with Crippen LogP contribution in [0.4, 0.5) is 4.39 Å². The molecule has 2 aliphatic rings. The predicted molar refractivity (Wildman–Crippen MR) is 104 cm³/mol. The lowest BCUT2D eigenvalue weighted by atomic mass is 9.84. The van der Waals surface area contributed by atoms with E-state index in [2.05, 4.69) is 23.1 Å². The number of benzene rings is 2. The molecule has 2 aromatic carbocycles. The quantitative estimate of drug-likeness (QED) is 0.892. The number of rotatable bonds is 4. The molecule has 4 nitrogen and oxygen atoms in total. The number of nitrogens with two attached hydrogens (primary N) is 1. The molecule has 1 aliphatic heterocycles. The fourth-order valence-corrected chi connectivity index (χ4v) is 4.45. The van der Waals surface area contributed by atoms with Crippen molar-refractivity contribution in [3.63, 3.8) is 0 Å². The van der Waals surface area contributed by atoms with Crippen LogP contribution in [0.2, 0.25) is 0 Å². The number of aryl methyl sites for hydroxylation is 1. The average Bonchev–Trinajstić information content (AvgIpc) is 2.69. The number of likely N-dealkylation sites (tertiary alicyclic amines) is 1. The van der Waals surface area contributed by atoms with Gasteiger partial charge in [0.15, 0.2) is 17.3 Å². The van der Waals surface area contributed by atoms with Gasteiger partial charge in [0.2, 0.25) is 0 Å². The fraction of sp³-hybridized carbons (Fsp3) is 0.455. The van der Waals surface area contributed by atoms with Crippen LogP contribution in [-0.4, -0.2) is 37.2 Å². The molecule has 0 radical (unpaired) electrons. The van der Waals surface area contributed by atoms with Gasteiger partial charge in [-0.25, -0.2) is 4.39 Å². The van der Waals surface area contributed by atoms with E-state index in [9.17, 15) is 4.39 Å². The maximum Gasteiger partial charge on any atom is 0.197 e. The van der Waals surface area contributed by atoms with Crippen LogP contribution in [-0.2, 0) is 6.42 Å². The molecule has 27 heavy (non-hydrogen) atoms. The van der Waals surface area contributed by atoms with Crippen molar-refractivity contribution in [3.8, 4) is 11.5 Å². The molecular weight excluding hydrogens is 343 g/mol. The van der Waals surface area contributed by atoms with E-state index in [1.165, 1.54) is 18.7 Å². The molecule has 0 aromatic heterocycles. The smallest absolute Gasteiger partial charge is 0.197 e. The van der Waals surface area contributed by atoms with Gasteiger partial charge >= 0.3 is 0 Å². The van der Waals surface area contributed by atoms with Crippen LogP contribution in [0, 0.1) is 5.82 Å². The number of piperidine rings is 1. The van der Waals surface area contributed by atoms with E-state index in [-0.39, 0.29) is 23.9 Å². The minimum atomic E-state index is -0.397. The molecule has 4 rings (SSSR count). The summed E-state index contributed by atoms with van der Waals surface area (Å²) in [6.07, 6.45) is 3.89. The lowest BCUT2D eigenvalue weighted by Gasteiger charge is -2.43. The zero-order valence-electron chi connectivity index (χ0n) is 15.7. The van der Waals surface area contributed by atoms with Crippen LogP contribution in [0.3, 0.4) is 0 Å². The Hall–Kier alpha value is -2.11. The largest absolute Gasteiger partial charge is 0.493 e. The van der Waals surface area contributed by atoms with Crippen molar-refractivity contribution in [2.24, 2.45) is 5.73 Å². The summed E-state index contributed by atoms with van der Waals surface area (Å²) in [5.41, 5.74) is 8.64. The van der Waals surface area contributed by atoms with E-state index in [0.717, 1.165) is 44.3 Å². The van der Waals surface area contributed by atoms with Crippen LogP contribution in [0.15, 0.2) is 42.5 Å². The molecule has 1 heterocycles. The van der Waals surface area contributed by atoms with Crippen LogP contribution in [0.5, 0.6) is 11.5 Å². The molecule has 1 aliphatic carbocycles. The first-order chi connectivity index (χ1) is 13.2. The molecule has 3 atom stereocenters. The second kappa shape index (κ2) is 7.87. The SMILES string of the molecule is COc1cccc(F)c1OC1c2ccccc2CCC1N1CCC[C@@H](N)C1. The number of hydrogen-bond acceptors (Lipinski definition) is 4. The second-order valence-corrected chi connectivity index (χ2v) is 7.51. The van der Waals surface area contributed by atoms with Gasteiger partial charge < -0.3 is 15.2 Å². The molecular formula is C22H27FN2O2. The third-order valence-corrected chi connectivity index (χ3v) is 5.77. The Bertz CT molecular complexity index is 798. The summed E-state index contributed by atoms with van der Waals surface area (Å²) in [4.78, 5) is 2.43. The number of hydrogen-bond donors (Lipinski definition) is 1. The molecule has 2 aromatic rings. The van der Waals surface area contributed by atoms with E-state index in [0.29, 0.717) is 5.75 Å². The first-order valence-corrected chi connectivity index (χ1v) is 9.74. The highest BCUT2D eigenvalue weighted by Crippen LogP contribution is 2.40. The van der Waals surface area contributed by atoms with Gasteiger partial charge in [-0.1, -0.05) is 30.3 Å². The Morgan fingerprint density at radius 3 is 2.78 bits per heavy atom. The van der Waals surface area contributed by atoms with Gasteiger partial charge in [0.1, 0.15) is 6.10 Å². The molecule has 1 fully saturated rings. The van der Waals surface area contributed by atoms with Gasteiger partial charge in [-0.3, -0.25) is 4.90 Å². The number of nitrogens with zero attached hydrogens (tertiary/aromatic N) is 1. The molecule has 144 valence electrons. The average molecular weight is 370 g/mol. The van der Waals surface area contributed by atoms with Crippen LogP contribution in [0.1, 0.15) is 36.5 Å². The predicted octanol–water partition coefficient (Wildman–Crippen LogP) is 3.69. The Labute approximate surface area is 160 Å². The minimum absolute atomic E-state index is 0.176. The molecule has 5 heteroatoms. The van der Waals surface area contributed by atoms with E-state index in [1.54, 1.807) is 12.1 Å². The van der Waals surface area contributed by atoms with Crippen LogP contribution >= 0.6 is 0 Å². The fourth-order valence-electron chi connectivity index (χ4n) is 4.45. The van der Waals surface area contributed by atoms with Gasteiger partial charge in [-0.15, -0.1) is 0 Å². The Morgan fingerprint density at radius 2 is 1.96 bits per heavy atom. The number of halogens is 1. The zero-order valence-corrected chi connectivity index (χ0v) is 15.7. The molecule has 0 spiro atoms. The van der Waals surface area contributed by atoms with Gasteiger partial charge in [-0.05, 0) is 55.5 Å². The number of methoxy groups -OCH3 is 1. The highest BCUT2D eigenvalue weighted by atomic mass is 19.1. The van der Waals surface area contributed by atoms with E-state index < -0.39 is 5.82 Å². The Kier molecular flexibility index (Phi) is 5.32. The molecule has 0 bridgehead atoms. The van der Waals surface area contributed by atoms with E-state index >= 15 is 0 Å². The Balaban J connectivity index is 1.71. The van der Waals surface area contributed by atoms with E-state index in [4.69, 9.17) is 15.2 Å². The molecule has 0 saturated carbocycles. The maximum atomic E-state index is 14.6. The van der Waals surface area contributed by atoms with E-state index in [1.807, 2.05) is 6.07 Å². The first kappa shape index (κ1) is 18.3. The van der Waals surface area contributed by atoms with Crippen molar-refractivity contribution in [2.45, 2.75) is 43.9 Å². The monoisotopic (exact) mass is 370 g/mol. The summed E-state index contributed by atoms with van der Waals surface area (Å²) < 4.78 is 26.3. The summed E-state index contributed by atoms with van der Waals surface area (Å²) in [7, 11) is 1.54. The summed E-state index contributed by atoms with van der Waals surface area (Å²) >= 11 is 0. The summed E-state index contributed by atoms with van der Waals surface area (Å²) in [6, 6.07) is 13.5. The third-order valence-electron chi connectivity index (χ3n) is 5.77. The summed E-state index contributed by atoms with van der Waals surface area (Å²) in [5, 5.41) is 0. The first-order valence-electron chi connectivity index (χ1n) is 9.74. The third kappa shape index (κ3) is 3.66. The summed E-state index contributed by atoms with van der Waals surface area (Å²) in [5.74, 6) is 0.215. The van der Waals surface area contributed by atoms with Crippen molar-refractivity contribution in [1.82, 2.24) is 4.90 Å². The zero-order chi connectivity index (χ0) is 18.8. The van der Waals surface area contributed by atoms with Crippen molar-refractivity contribution < 1.29 is 13.9 Å². The van der Waals surface area contributed by atoms with Gasteiger partial charge in [0.25, 0.3) is 0 Å². The van der Waals surface area contributed by atoms with Crippen molar-refractivity contribution in [2.75, 3.05) is 20.2 Å². The van der Waals surface area contributed by atoms with Crippen molar-refractivity contribution in [3.05, 3.63) is 59.4 Å². The lowest BCUT2D eigenvalue weighted by molar-refractivity contribution is 0.0332. The van der Waals surface area contributed by atoms with Gasteiger partial charge in [0.05, 0.1) is 13.2 Å². The standard InChI is InChI=1S/C22H27FN2O2/c1-26-20-10-4-9-18(23)22(20)27-21-17-8-3-2-6-15(17)11-12-19(21)25-13-5-7-16(24)14-25/h2-4,6,8-10,16,19,21H,5,7,11-14,24H2,1H3/t16-,19?,21?/m1/s1. The summed E-state index contributed by atoms with van der Waals surface area (Å²) in [6.45, 7) is 1.87. The highest BCUT2D eigenvalue weighted by molar-refractivity contribution is 5.42. The topological polar surface area (TPSA) is 47.7 Å². The van der Waals surface area contributed by atoms with Gasteiger partial charge in [0, 0.05) is 12.6 Å². The van der Waals surface area contributed by atoms with Crippen LogP contribution < -0.4 is 15.2 Å². The van der Waals surface area contributed by atoms with Crippen LogP contribution in [0.25, 0.3) is 0 Å².